The van der Waals surface area contributed by atoms with Gasteiger partial charge in [0, 0.05) is 42.7 Å². The van der Waals surface area contributed by atoms with Gasteiger partial charge in [0.1, 0.15) is 0 Å². The molecule has 30 heavy (non-hydrogen) atoms. The number of benzene rings is 1. The number of guanidine groups is 1. The fraction of sp³-hybridized carbons (Fsp3) is 0.571. The first-order valence-electron chi connectivity index (χ1n) is 10.5. The summed E-state index contributed by atoms with van der Waals surface area (Å²) in [6, 6.07) is 7.87. The highest BCUT2D eigenvalue weighted by atomic mass is 127. The Balaban J connectivity index is 0.00000320. The molecule has 166 valence electrons. The fourth-order valence-corrected chi connectivity index (χ4v) is 3.59. The number of rotatable bonds is 8. The maximum absolute atomic E-state index is 5.93. The Labute approximate surface area is 201 Å². The average molecular weight is 547 g/mol. The minimum Gasteiger partial charge on any atom is -0.357 e. The van der Waals surface area contributed by atoms with Crippen LogP contribution in [0, 0.1) is 0 Å². The molecule has 0 unspecified atom stereocenters. The van der Waals surface area contributed by atoms with Gasteiger partial charge in [0.15, 0.2) is 5.96 Å². The third kappa shape index (κ3) is 7.70. The van der Waals surface area contributed by atoms with E-state index in [9.17, 15) is 0 Å². The van der Waals surface area contributed by atoms with Gasteiger partial charge in [0.2, 0.25) is 11.7 Å². The van der Waals surface area contributed by atoms with E-state index >= 15 is 0 Å². The van der Waals surface area contributed by atoms with Crippen LogP contribution in [0.5, 0.6) is 0 Å². The predicted molar refractivity (Wildman–Crippen MR) is 133 cm³/mol. The van der Waals surface area contributed by atoms with Gasteiger partial charge in [-0.3, -0.25) is 4.99 Å². The second kappa shape index (κ2) is 13.1. The number of nitrogens with zero attached hydrogens (tertiary/aromatic N) is 4. The van der Waals surface area contributed by atoms with E-state index in [4.69, 9.17) is 16.1 Å². The van der Waals surface area contributed by atoms with Crippen LogP contribution in [0.1, 0.15) is 39.0 Å². The van der Waals surface area contributed by atoms with E-state index < -0.39 is 0 Å². The van der Waals surface area contributed by atoms with Gasteiger partial charge in [-0.25, -0.2) is 0 Å². The average Bonchev–Trinajstić information content (AvgIpc) is 3.19. The number of hydrogen-bond acceptors (Lipinski definition) is 5. The number of piperidine rings is 1. The Kier molecular flexibility index (Phi) is 10.9. The van der Waals surface area contributed by atoms with Gasteiger partial charge in [-0.1, -0.05) is 23.7 Å². The van der Waals surface area contributed by atoms with E-state index in [1.165, 1.54) is 13.0 Å². The molecule has 0 spiro atoms. The zero-order chi connectivity index (χ0) is 20.5. The summed E-state index contributed by atoms with van der Waals surface area (Å²) in [6.07, 6.45) is 4.13. The van der Waals surface area contributed by atoms with E-state index in [2.05, 4.69) is 44.5 Å². The summed E-state index contributed by atoms with van der Waals surface area (Å²) in [6.45, 7) is 9.25. The molecule has 3 rings (SSSR count). The Hall–Kier alpha value is -1.39. The topological polar surface area (TPSA) is 78.6 Å². The van der Waals surface area contributed by atoms with Crippen LogP contribution in [0.2, 0.25) is 5.02 Å². The van der Waals surface area contributed by atoms with Crippen LogP contribution >= 0.6 is 35.6 Å². The van der Waals surface area contributed by atoms with Crippen LogP contribution < -0.4 is 10.6 Å². The van der Waals surface area contributed by atoms with Gasteiger partial charge >= 0.3 is 0 Å². The van der Waals surface area contributed by atoms with Crippen molar-refractivity contribution < 1.29 is 4.52 Å². The van der Waals surface area contributed by atoms with Crippen molar-refractivity contribution in [1.29, 1.82) is 0 Å². The second-order valence-corrected chi connectivity index (χ2v) is 7.73. The molecule has 0 atom stereocenters. The van der Waals surface area contributed by atoms with Crippen molar-refractivity contribution in [1.82, 2.24) is 25.7 Å². The molecule has 2 N–H and O–H groups in total. The first kappa shape index (κ1) is 24.9. The van der Waals surface area contributed by atoms with E-state index in [0.717, 1.165) is 44.0 Å². The molecule has 9 heteroatoms. The minimum absolute atomic E-state index is 0. The van der Waals surface area contributed by atoms with Gasteiger partial charge in [-0.2, -0.15) is 4.98 Å². The van der Waals surface area contributed by atoms with Crippen molar-refractivity contribution in [2.45, 2.75) is 45.6 Å². The van der Waals surface area contributed by atoms with Crippen LogP contribution in [-0.2, 0) is 6.42 Å². The SMILES string of the molecule is CCCN1CCC(NC(=NCCc2nc(-c3ccc(Cl)cc3)no2)NCC)CC1.I. The quantitative estimate of drug-likeness (QED) is 0.296. The van der Waals surface area contributed by atoms with Crippen molar-refractivity contribution in [2.75, 3.05) is 32.7 Å². The minimum atomic E-state index is 0. The van der Waals surface area contributed by atoms with E-state index in [1.807, 2.05) is 24.3 Å². The number of aliphatic imine (C=N–C) groups is 1. The van der Waals surface area contributed by atoms with Crippen LogP contribution in [-0.4, -0.2) is 59.8 Å². The molecule has 7 nitrogen and oxygen atoms in total. The zero-order valence-corrected chi connectivity index (χ0v) is 20.8. The van der Waals surface area contributed by atoms with E-state index in [0.29, 0.717) is 35.7 Å². The largest absolute Gasteiger partial charge is 0.357 e. The number of hydrogen-bond donors (Lipinski definition) is 2. The van der Waals surface area contributed by atoms with E-state index in [1.54, 1.807) is 0 Å². The highest BCUT2D eigenvalue weighted by Gasteiger charge is 2.19. The molecule has 0 radical (unpaired) electrons. The lowest BCUT2D eigenvalue weighted by molar-refractivity contribution is 0.206. The molecule has 2 heterocycles. The number of likely N-dealkylation sites (tertiary alicyclic amines) is 1. The first-order chi connectivity index (χ1) is 14.2. The molecule has 1 fully saturated rings. The summed E-state index contributed by atoms with van der Waals surface area (Å²) in [5.74, 6) is 2.02. The first-order valence-corrected chi connectivity index (χ1v) is 10.9. The second-order valence-electron chi connectivity index (χ2n) is 7.29. The van der Waals surface area contributed by atoms with Gasteiger partial charge in [-0.15, -0.1) is 24.0 Å². The molecular weight excluding hydrogens is 515 g/mol. The molecule has 1 saturated heterocycles. The van der Waals surface area contributed by atoms with Crippen LogP contribution in [0.4, 0.5) is 0 Å². The summed E-state index contributed by atoms with van der Waals surface area (Å²) < 4.78 is 5.37. The summed E-state index contributed by atoms with van der Waals surface area (Å²) in [4.78, 5) is 11.7. The highest BCUT2D eigenvalue weighted by Crippen LogP contribution is 2.18. The maximum atomic E-state index is 5.93. The van der Waals surface area contributed by atoms with Gasteiger partial charge in [0.25, 0.3) is 0 Å². The Morgan fingerprint density at radius 1 is 1.23 bits per heavy atom. The Bertz CT molecular complexity index is 774. The molecule has 1 aromatic heterocycles. The van der Waals surface area contributed by atoms with Crippen LogP contribution in [0.15, 0.2) is 33.8 Å². The third-order valence-corrected chi connectivity index (χ3v) is 5.23. The molecular formula is C21H32ClIN6O. The Morgan fingerprint density at radius 2 is 1.97 bits per heavy atom. The monoisotopic (exact) mass is 546 g/mol. The number of nitrogens with one attached hydrogen (secondary N) is 2. The summed E-state index contributed by atoms with van der Waals surface area (Å²) in [7, 11) is 0. The zero-order valence-electron chi connectivity index (χ0n) is 17.7. The molecule has 0 aliphatic carbocycles. The lowest BCUT2D eigenvalue weighted by Gasteiger charge is -2.32. The van der Waals surface area contributed by atoms with Crippen molar-refractivity contribution in [2.24, 2.45) is 4.99 Å². The molecule has 0 amide bonds. The fourth-order valence-electron chi connectivity index (χ4n) is 3.47. The Morgan fingerprint density at radius 3 is 2.63 bits per heavy atom. The normalized spacial score (nSPS) is 15.6. The number of halogens is 2. The van der Waals surface area contributed by atoms with Crippen LogP contribution in [0.3, 0.4) is 0 Å². The molecule has 1 aliphatic heterocycles. The lowest BCUT2D eigenvalue weighted by atomic mass is 10.1. The highest BCUT2D eigenvalue weighted by molar-refractivity contribution is 14.0. The molecule has 0 saturated carbocycles. The smallest absolute Gasteiger partial charge is 0.228 e. The number of aromatic nitrogens is 2. The van der Waals surface area contributed by atoms with Crippen molar-refractivity contribution in [3.8, 4) is 11.4 Å². The van der Waals surface area contributed by atoms with Crippen molar-refractivity contribution in [3.63, 3.8) is 0 Å². The lowest BCUT2D eigenvalue weighted by Crippen LogP contribution is -2.48. The van der Waals surface area contributed by atoms with E-state index in [-0.39, 0.29) is 24.0 Å². The standard InChI is InChI=1S/C21H31ClN6O.HI/c1-3-13-28-14-10-18(11-15-28)25-21(23-4-2)24-12-9-19-26-20(27-29-19)16-5-7-17(22)8-6-16;/h5-8,18H,3-4,9-15H2,1-2H3,(H2,23,24,25);1H. The van der Waals surface area contributed by atoms with Crippen LogP contribution in [0.25, 0.3) is 11.4 Å². The molecule has 2 aromatic rings. The molecule has 1 aliphatic rings. The third-order valence-electron chi connectivity index (χ3n) is 4.98. The maximum Gasteiger partial charge on any atom is 0.228 e. The summed E-state index contributed by atoms with van der Waals surface area (Å²) in [5.41, 5.74) is 0.886. The van der Waals surface area contributed by atoms with Gasteiger partial charge in [-0.05, 0) is 57.0 Å². The molecule has 1 aromatic carbocycles. The summed E-state index contributed by atoms with van der Waals surface area (Å²) >= 11 is 5.93. The van der Waals surface area contributed by atoms with Gasteiger partial charge < -0.3 is 20.1 Å². The van der Waals surface area contributed by atoms with Gasteiger partial charge in [0.05, 0.1) is 6.54 Å². The molecule has 0 bridgehead atoms. The predicted octanol–water partition coefficient (Wildman–Crippen LogP) is 3.98. The van der Waals surface area contributed by atoms with Crippen molar-refractivity contribution in [3.05, 3.63) is 35.2 Å². The van der Waals surface area contributed by atoms with Crippen molar-refractivity contribution >= 4 is 41.5 Å². The summed E-state index contributed by atoms with van der Waals surface area (Å²) in [5, 5.41) is 11.6.